The fourth-order valence-corrected chi connectivity index (χ4v) is 4.47. The molecule has 2 aromatic heterocycles. The molecule has 1 aliphatic rings. The Morgan fingerprint density at radius 2 is 2.07 bits per heavy atom. The number of anilines is 1. The topological polar surface area (TPSA) is 73.0 Å². The van der Waals surface area contributed by atoms with Gasteiger partial charge in [0.2, 0.25) is 11.7 Å². The molecule has 0 atom stereocenters. The second-order valence-corrected chi connectivity index (χ2v) is 8.09. The van der Waals surface area contributed by atoms with Crippen molar-refractivity contribution in [1.82, 2.24) is 14.8 Å². The Morgan fingerprint density at radius 1 is 1.21 bits per heavy atom. The van der Waals surface area contributed by atoms with Crippen molar-refractivity contribution in [3.8, 4) is 11.6 Å². The van der Waals surface area contributed by atoms with Crippen LogP contribution in [0, 0.1) is 6.92 Å². The fraction of sp³-hybridized carbons (Fsp3) is 0.381. The molecule has 146 valence electrons. The number of aromatic nitrogens is 3. The first-order valence-corrected chi connectivity index (χ1v) is 10.7. The fourth-order valence-electron chi connectivity index (χ4n) is 3.67. The summed E-state index contributed by atoms with van der Waals surface area (Å²) in [4.78, 5) is 12.4. The van der Waals surface area contributed by atoms with Crippen molar-refractivity contribution in [2.75, 3.05) is 11.1 Å². The molecule has 0 saturated heterocycles. The van der Waals surface area contributed by atoms with Crippen LogP contribution in [0.25, 0.3) is 11.6 Å². The highest BCUT2D eigenvalue weighted by molar-refractivity contribution is 7.99. The lowest BCUT2D eigenvalue weighted by Crippen LogP contribution is -2.17. The number of nitrogens with zero attached hydrogens (tertiary/aromatic N) is 3. The number of amides is 1. The van der Waals surface area contributed by atoms with E-state index in [0.717, 1.165) is 35.1 Å². The third kappa shape index (κ3) is 4.30. The first-order valence-electron chi connectivity index (χ1n) is 9.69. The van der Waals surface area contributed by atoms with E-state index in [1.165, 1.54) is 31.0 Å². The highest BCUT2D eigenvalue weighted by Gasteiger charge is 2.25. The molecular weight excluding hydrogens is 372 g/mol. The second-order valence-electron chi connectivity index (χ2n) is 7.15. The lowest BCUT2D eigenvalue weighted by molar-refractivity contribution is -0.113. The molecular formula is C21H24N4O2S. The Balaban J connectivity index is 1.50. The molecule has 1 N–H and O–H groups in total. The van der Waals surface area contributed by atoms with E-state index in [-0.39, 0.29) is 11.7 Å². The Labute approximate surface area is 168 Å². The number of thioether (sulfide) groups is 1. The molecule has 7 heteroatoms. The van der Waals surface area contributed by atoms with E-state index in [0.29, 0.717) is 11.8 Å². The average Bonchev–Trinajstić information content (AvgIpc) is 3.36. The van der Waals surface area contributed by atoms with E-state index in [2.05, 4.69) is 20.1 Å². The predicted molar refractivity (Wildman–Crippen MR) is 110 cm³/mol. The quantitative estimate of drug-likeness (QED) is 0.588. The molecule has 0 unspecified atom stereocenters. The first-order chi connectivity index (χ1) is 13.7. The molecule has 3 aromatic rings. The minimum absolute atomic E-state index is 0.0478. The van der Waals surface area contributed by atoms with Crippen LogP contribution in [0.3, 0.4) is 0 Å². The molecule has 0 aliphatic heterocycles. The van der Waals surface area contributed by atoms with Gasteiger partial charge < -0.3 is 9.73 Å². The van der Waals surface area contributed by atoms with Gasteiger partial charge in [-0.3, -0.25) is 9.36 Å². The molecule has 6 nitrogen and oxygen atoms in total. The second kappa shape index (κ2) is 8.65. The van der Waals surface area contributed by atoms with Crippen molar-refractivity contribution in [3.63, 3.8) is 0 Å². The van der Waals surface area contributed by atoms with Gasteiger partial charge in [0.1, 0.15) is 0 Å². The van der Waals surface area contributed by atoms with Gasteiger partial charge in [-0.1, -0.05) is 43.2 Å². The van der Waals surface area contributed by atoms with Crippen molar-refractivity contribution >= 4 is 23.4 Å². The average molecular weight is 397 g/mol. The van der Waals surface area contributed by atoms with Gasteiger partial charge in [0, 0.05) is 11.7 Å². The molecule has 1 fully saturated rings. The molecule has 0 radical (unpaired) electrons. The predicted octanol–water partition coefficient (Wildman–Crippen LogP) is 5.08. The molecule has 1 aromatic carbocycles. The van der Waals surface area contributed by atoms with Crippen molar-refractivity contribution < 1.29 is 9.21 Å². The summed E-state index contributed by atoms with van der Waals surface area (Å²) in [7, 11) is 0. The summed E-state index contributed by atoms with van der Waals surface area (Å²) < 4.78 is 7.74. The summed E-state index contributed by atoms with van der Waals surface area (Å²) in [6, 6.07) is 11.9. The van der Waals surface area contributed by atoms with Crippen LogP contribution >= 0.6 is 11.8 Å². The number of nitrogens with one attached hydrogen (secondary N) is 1. The Kier molecular flexibility index (Phi) is 5.81. The number of carbonyl (C=O) groups is 1. The Hall–Kier alpha value is -2.54. The zero-order valence-electron chi connectivity index (χ0n) is 15.9. The minimum Gasteiger partial charge on any atom is -0.461 e. The van der Waals surface area contributed by atoms with Crippen LogP contribution in [0.1, 0.15) is 43.7 Å². The zero-order valence-corrected chi connectivity index (χ0v) is 16.7. The molecule has 28 heavy (non-hydrogen) atoms. The number of hydrogen-bond acceptors (Lipinski definition) is 5. The van der Waals surface area contributed by atoms with Gasteiger partial charge in [-0.25, -0.2) is 0 Å². The largest absolute Gasteiger partial charge is 0.461 e. The van der Waals surface area contributed by atoms with Gasteiger partial charge >= 0.3 is 0 Å². The maximum atomic E-state index is 12.4. The zero-order chi connectivity index (χ0) is 19.3. The third-order valence-corrected chi connectivity index (χ3v) is 5.92. The van der Waals surface area contributed by atoms with Gasteiger partial charge in [-0.05, 0) is 49.6 Å². The van der Waals surface area contributed by atoms with E-state index in [9.17, 15) is 4.79 Å². The van der Waals surface area contributed by atoms with E-state index in [4.69, 9.17) is 4.42 Å². The highest BCUT2D eigenvalue weighted by Crippen LogP contribution is 2.35. The normalized spacial score (nSPS) is 14.9. The molecule has 1 saturated carbocycles. The highest BCUT2D eigenvalue weighted by atomic mass is 32.2. The van der Waals surface area contributed by atoms with Crippen LogP contribution in [-0.2, 0) is 4.79 Å². The summed E-state index contributed by atoms with van der Waals surface area (Å²) >= 11 is 1.43. The van der Waals surface area contributed by atoms with Gasteiger partial charge in [-0.15, -0.1) is 10.2 Å². The first kappa shape index (κ1) is 18.8. The number of aryl methyl sites for hydroxylation is 1. The van der Waals surface area contributed by atoms with Crippen molar-refractivity contribution in [3.05, 3.63) is 48.2 Å². The number of furan rings is 1. The number of carbonyl (C=O) groups excluding carboxylic acids is 1. The summed E-state index contributed by atoms with van der Waals surface area (Å²) in [5.41, 5.74) is 1.93. The van der Waals surface area contributed by atoms with Crippen molar-refractivity contribution in [2.45, 2.75) is 50.2 Å². The summed E-state index contributed by atoms with van der Waals surface area (Å²) in [5.74, 6) is 1.71. The summed E-state index contributed by atoms with van der Waals surface area (Å²) in [5, 5.41) is 12.5. The molecule has 1 aliphatic carbocycles. The smallest absolute Gasteiger partial charge is 0.234 e. The van der Waals surface area contributed by atoms with Crippen LogP contribution in [0.15, 0.2) is 52.2 Å². The maximum Gasteiger partial charge on any atom is 0.234 e. The number of benzene rings is 1. The van der Waals surface area contributed by atoms with Gasteiger partial charge in [-0.2, -0.15) is 0 Å². The number of hydrogen-bond donors (Lipinski definition) is 1. The van der Waals surface area contributed by atoms with E-state index in [1.807, 2.05) is 43.3 Å². The Bertz CT molecular complexity index is 930. The third-order valence-electron chi connectivity index (χ3n) is 4.98. The maximum absolute atomic E-state index is 12.4. The summed E-state index contributed by atoms with van der Waals surface area (Å²) in [6.07, 6.45) is 7.55. The lowest BCUT2D eigenvalue weighted by Gasteiger charge is -2.25. The molecule has 4 rings (SSSR count). The van der Waals surface area contributed by atoms with E-state index >= 15 is 0 Å². The van der Waals surface area contributed by atoms with E-state index < -0.39 is 0 Å². The molecule has 2 heterocycles. The van der Waals surface area contributed by atoms with Gasteiger partial charge in [0.15, 0.2) is 10.9 Å². The van der Waals surface area contributed by atoms with Crippen LogP contribution in [0.2, 0.25) is 0 Å². The molecule has 0 spiro atoms. The number of rotatable bonds is 6. The summed E-state index contributed by atoms with van der Waals surface area (Å²) in [6.45, 7) is 2.01. The standard InChI is InChI=1S/C21H24N4O2S/c1-15-7-5-8-16(13-15)22-19(26)14-28-21-24-23-20(18-11-6-12-27-18)25(21)17-9-3-2-4-10-17/h5-8,11-13,17H,2-4,9-10,14H2,1H3,(H,22,26). The van der Waals surface area contributed by atoms with Crippen LogP contribution in [0.5, 0.6) is 0 Å². The lowest BCUT2D eigenvalue weighted by atomic mass is 9.95. The van der Waals surface area contributed by atoms with Crippen molar-refractivity contribution in [1.29, 1.82) is 0 Å². The SMILES string of the molecule is Cc1cccc(NC(=O)CSc2nnc(-c3ccco3)n2C2CCCCC2)c1. The molecule has 1 amide bonds. The van der Waals surface area contributed by atoms with Crippen LogP contribution in [0.4, 0.5) is 5.69 Å². The van der Waals surface area contributed by atoms with Crippen LogP contribution < -0.4 is 5.32 Å². The Morgan fingerprint density at radius 3 is 2.82 bits per heavy atom. The van der Waals surface area contributed by atoms with E-state index in [1.54, 1.807) is 6.26 Å². The monoisotopic (exact) mass is 396 g/mol. The van der Waals surface area contributed by atoms with Gasteiger partial charge in [0.25, 0.3) is 0 Å². The van der Waals surface area contributed by atoms with Crippen LogP contribution in [-0.4, -0.2) is 26.4 Å². The minimum atomic E-state index is -0.0478. The molecule has 0 bridgehead atoms. The van der Waals surface area contributed by atoms with Gasteiger partial charge in [0.05, 0.1) is 12.0 Å². The van der Waals surface area contributed by atoms with Crippen molar-refractivity contribution in [2.24, 2.45) is 0 Å².